The van der Waals surface area contributed by atoms with Gasteiger partial charge in [-0.1, -0.05) is 35.5 Å². The molecule has 0 atom stereocenters. The van der Waals surface area contributed by atoms with Gasteiger partial charge < -0.3 is 14.0 Å². The number of benzene rings is 1. The van der Waals surface area contributed by atoms with Crippen molar-refractivity contribution in [2.45, 2.75) is 45.8 Å². The van der Waals surface area contributed by atoms with E-state index in [0.717, 1.165) is 11.0 Å². The van der Waals surface area contributed by atoms with Gasteiger partial charge in [-0.2, -0.15) is 0 Å². The molecule has 146 valence electrons. The van der Waals surface area contributed by atoms with Gasteiger partial charge in [0, 0.05) is 12.7 Å². The quantitative estimate of drug-likeness (QED) is 0.529. The van der Waals surface area contributed by atoms with Crippen LogP contribution in [-0.2, 0) is 18.8 Å². The summed E-state index contributed by atoms with van der Waals surface area (Å²) >= 11 is 7.40. The monoisotopic (exact) mass is 410 g/mol. The molecular formula is C19H24BClO5S. The molecule has 1 aliphatic rings. The SMILES string of the molecule is COC(=O)c1ccc(C=C(CSC(C)=O)B2OC(C)(C)C(C)(C)O2)cc1Cl. The van der Waals surface area contributed by atoms with Crippen molar-refractivity contribution in [2.75, 3.05) is 12.9 Å². The molecular weight excluding hydrogens is 387 g/mol. The van der Waals surface area contributed by atoms with Crippen LogP contribution in [0.2, 0.25) is 5.02 Å². The van der Waals surface area contributed by atoms with Crippen molar-refractivity contribution in [3.05, 3.63) is 39.8 Å². The van der Waals surface area contributed by atoms with Gasteiger partial charge in [-0.25, -0.2) is 4.79 Å². The van der Waals surface area contributed by atoms with Crippen LogP contribution < -0.4 is 0 Å². The molecule has 0 spiro atoms. The standard InChI is InChI=1S/C19H24BClO5S/c1-12(22)27-11-14(20-25-18(2,3)19(4,5)26-20)9-13-7-8-15(16(21)10-13)17(23)24-6/h7-10H,11H2,1-6H3. The summed E-state index contributed by atoms with van der Waals surface area (Å²) in [6.07, 6.45) is 1.88. The van der Waals surface area contributed by atoms with Crippen molar-refractivity contribution < 1.29 is 23.6 Å². The lowest BCUT2D eigenvalue weighted by molar-refractivity contribution is -0.109. The van der Waals surface area contributed by atoms with Gasteiger partial charge in [-0.15, -0.1) is 0 Å². The normalized spacial score (nSPS) is 18.5. The fourth-order valence-corrected chi connectivity index (χ4v) is 3.32. The maximum Gasteiger partial charge on any atom is 0.491 e. The van der Waals surface area contributed by atoms with Crippen LogP contribution in [0.3, 0.4) is 0 Å². The first-order valence-electron chi connectivity index (χ1n) is 8.54. The third kappa shape index (κ3) is 5.16. The van der Waals surface area contributed by atoms with E-state index in [2.05, 4.69) is 0 Å². The number of ether oxygens (including phenoxy) is 1. The van der Waals surface area contributed by atoms with Crippen molar-refractivity contribution in [3.8, 4) is 0 Å². The highest BCUT2D eigenvalue weighted by molar-refractivity contribution is 8.13. The van der Waals surface area contributed by atoms with E-state index >= 15 is 0 Å². The number of methoxy groups -OCH3 is 1. The van der Waals surface area contributed by atoms with E-state index in [1.165, 1.54) is 25.8 Å². The number of hydrogen-bond donors (Lipinski definition) is 0. The molecule has 0 amide bonds. The molecule has 8 heteroatoms. The van der Waals surface area contributed by atoms with Crippen LogP contribution in [-0.4, -0.2) is 42.3 Å². The summed E-state index contributed by atoms with van der Waals surface area (Å²) in [5, 5.41) is 0.305. The Kier molecular flexibility index (Phi) is 6.84. The van der Waals surface area contributed by atoms with Crippen molar-refractivity contribution in [1.29, 1.82) is 0 Å². The number of esters is 1. The van der Waals surface area contributed by atoms with Crippen molar-refractivity contribution >= 4 is 47.6 Å². The summed E-state index contributed by atoms with van der Waals surface area (Å²) < 4.78 is 16.9. The smallest absolute Gasteiger partial charge is 0.465 e. The Morgan fingerprint density at radius 3 is 2.30 bits per heavy atom. The lowest BCUT2D eigenvalue weighted by Crippen LogP contribution is -2.41. The third-order valence-corrected chi connectivity index (χ3v) is 5.95. The number of carbonyl (C=O) groups excluding carboxylic acids is 2. The van der Waals surface area contributed by atoms with E-state index in [1.54, 1.807) is 18.2 Å². The van der Waals surface area contributed by atoms with Crippen LogP contribution >= 0.6 is 23.4 Å². The van der Waals surface area contributed by atoms with Crippen LogP contribution in [0.5, 0.6) is 0 Å². The highest BCUT2D eigenvalue weighted by atomic mass is 35.5. The minimum Gasteiger partial charge on any atom is -0.465 e. The Bertz CT molecular complexity index is 759. The predicted molar refractivity (Wildman–Crippen MR) is 110 cm³/mol. The largest absolute Gasteiger partial charge is 0.491 e. The third-order valence-electron chi connectivity index (χ3n) is 4.75. The molecule has 0 saturated carbocycles. The highest BCUT2D eigenvalue weighted by Gasteiger charge is 2.52. The Hall–Kier alpha value is -1.28. The Morgan fingerprint density at radius 2 is 1.81 bits per heavy atom. The second-order valence-corrected chi connectivity index (χ2v) is 8.88. The lowest BCUT2D eigenvalue weighted by Gasteiger charge is -2.32. The molecule has 0 aromatic heterocycles. The molecule has 2 rings (SSSR count). The van der Waals surface area contributed by atoms with Crippen molar-refractivity contribution in [3.63, 3.8) is 0 Å². The first-order chi connectivity index (χ1) is 12.5. The summed E-state index contributed by atoms with van der Waals surface area (Å²) in [6.45, 7) is 9.43. The van der Waals surface area contributed by atoms with Gasteiger partial charge in [-0.05, 0) is 50.9 Å². The van der Waals surface area contributed by atoms with Gasteiger partial charge in [0.05, 0.1) is 28.9 Å². The van der Waals surface area contributed by atoms with E-state index in [0.29, 0.717) is 16.3 Å². The van der Waals surface area contributed by atoms with Crippen molar-refractivity contribution in [2.24, 2.45) is 0 Å². The molecule has 27 heavy (non-hydrogen) atoms. The molecule has 0 radical (unpaired) electrons. The average Bonchev–Trinajstić information content (AvgIpc) is 2.78. The van der Waals surface area contributed by atoms with Gasteiger partial charge in [0.25, 0.3) is 0 Å². The van der Waals surface area contributed by atoms with E-state index in [-0.39, 0.29) is 5.12 Å². The van der Waals surface area contributed by atoms with Gasteiger partial charge in [-0.3, -0.25) is 4.79 Å². The van der Waals surface area contributed by atoms with Crippen molar-refractivity contribution in [1.82, 2.24) is 0 Å². The van der Waals surface area contributed by atoms with Crippen LogP contribution in [0.4, 0.5) is 0 Å². The first-order valence-corrected chi connectivity index (χ1v) is 9.90. The number of rotatable bonds is 5. The lowest BCUT2D eigenvalue weighted by atomic mass is 9.78. The van der Waals surface area contributed by atoms with Gasteiger partial charge in [0.1, 0.15) is 0 Å². The summed E-state index contributed by atoms with van der Waals surface area (Å²) in [6, 6.07) is 5.05. The summed E-state index contributed by atoms with van der Waals surface area (Å²) in [4.78, 5) is 23.2. The Balaban J connectivity index is 2.35. The molecule has 5 nitrogen and oxygen atoms in total. The molecule has 1 heterocycles. The van der Waals surface area contributed by atoms with Gasteiger partial charge in [0.2, 0.25) is 0 Å². The predicted octanol–water partition coefficient (Wildman–Crippen LogP) is 4.42. The summed E-state index contributed by atoms with van der Waals surface area (Å²) in [5.74, 6) is -0.0587. The number of thioether (sulfide) groups is 1. The van der Waals surface area contributed by atoms with E-state index in [9.17, 15) is 9.59 Å². The van der Waals surface area contributed by atoms with Gasteiger partial charge in [0.15, 0.2) is 5.12 Å². The van der Waals surface area contributed by atoms with E-state index in [1.807, 2.05) is 33.8 Å². The zero-order chi connectivity index (χ0) is 20.4. The fraction of sp³-hybridized carbons (Fsp3) is 0.474. The fourth-order valence-electron chi connectivity index (χ4n) is 2.47. The van der Waals surface area contributed by atoms with E-state index < -0.39 is 24.3 Å². The second-order valence-electron chi connectivity index (χ2n) is 7.32. The minimum absolute atomic E-state index is 0.0106. The Morgan fingerprint density at radius 1 is 1.22 bits per heavy atom. The topological polar surface area (TPSA) is 61.8 Å². The Labute approximate surface area is 169 Å². The van der Waals surface area contributed by atoms with E-state index in [4.69, 9.17) is 25.6 Å². The molecule has 0 unspecified atom stereocenters. The second kappa shape index (κ2) is 8.39. The van der Waals surface area contributed by atoms with Crippen LogP contribution in [0.25, 0.3) is 6.08 Å². The summed E-state index contributed by atoms with van der Waals surface area (Å²) in [7, 11) is 0.739. The number of hydrogen-bond acceptors (Lipinski definition) is 6. The van der Waals surface area contributed by atoms with Crippen LogP contribution in [0, 0.1) is 0 Å². The molecule has 1 saturated heterocycles. The molecule has 0 bridgehead atoms. The first kappa shape index (κ1) is 22.0. The molecule has 1 fully saturated rings. The number of halogens is 1. The van der Waals surface area contributed by atoms with Crippen LogP contribution in [0.1, 0.15) is 50.5 Å². The number of carbonyl (C=O) groups is 2. The maximum atomic E-state index is 11.7. The molecule has 0 aliphatic carbocycles. The molecule has 1 aliphatic heterocycles. The maximum absolute atomic E-state index is 11.7. The average molecular weight is 411 g/mol. The zero-order valence-electron chi connectivity index (χ0n) is 16.4. The van der Waals surface area contributed by atoms with Crippen LogP contribution in [0.15, 0.2) is 23.7 Å². The molecule has 1 aromatic carbocycles. The van der Waals surface area contributed by atoms with Gasteiger partial charge >= 0.3 is 13.1 Å². The molecule has 1 aromatic rings. The molecule has 0 N–H and O–H groups in total. The minimum atomic E-state index is -0.569. The summed E-state index contributed by atoms with van der Waals surface area (Å²) in [5.41, 5.74) is 0.928. The zero-order valence-corrected chi connectivity index (χ0v) is 18.0. The highest BCUT2D eigenvalue weighted by Crippen LogP contribution is 2.39.